The molecule has 0 unspecified atom stereocenters. The van der Waals surface area contributed by atoms with Gasteiger partial charge in [-0.25, -0.2) is 9.18 Å². The molecular formula is C27H26ClFN4O4. The van der Waals surface area contributed by atoms with Crippen molar-refractivity contribution in [3.8, 4) is 0 Å². The Bertz CT molecular complexity index is 1440. The number of carbonyl (C=O) groups is 3. The minimum Gasteiger partial charge on any atom is -0.460 e. The van der Waals surface area contributed by atoms with Crippen LogP contribution in [0.2, 0.25) is 0 Å². The van der Waals surface area contributed by atoms with E-state index < -0.39 is 23.7 Å². The minimum atomic E-state index is -0.596. The molecule has 2 amide bonds. The summed E-state index contributed by atoms with van der Waals surface area (Å²) in [5.41, 5.74) is 8.44. The van der Waals surface area contributed by atoms with Crippen LogP contribution in [0.25, 0.3) is 10.9 Å². The normalized spacial score (nSPS) is 10.5. The summed E-state index contributed by atoms with van der Waals surface area (Å²) in [6.07, 6.45) is 2.32. The van der Waals surface area contributed by atoms with Crippen molar-refractivity contribution in [1.29, 1.82) is 0 Å². The number of carbonyl (C=O) groups excluding carboxylic acids is 3. The van der Waals surface area contributed by atoms with Gasteiger partial charge in [0.05, 0.1) is 17.7 Å². The van der Waals surface area contributed by atoms with Crippen molar-refractivity contribution in [2.24, 2.45) is 5.73 Å². The van der Waals surface area contributed by atoms with Gasteiger partial charge in [0.2, 0.25) is 0 Å². The summed E-state index contributed by atoms with van der Waals surface area (Å²) in [5.74, 6) is -1.55. The molecule has 4 rings (SSSR count). The van der Waals surface area contributed by atoms with Crippen LogP contribution in [-0.4, -0.2) is 29.0 Å². The number of hydrogen-bond donors (Lipinski definition) is 3. The summed E-state index contributed by atoms with van der Waals surface area (Å²) in [7, 11) is 0. The molecule has 0 saturated heterocycles. The minimum absolute atomic E-state index is 0. The Balaban J connectivity index is 0.00000380. The van der Waals surface area contributed by atoms with Gasteiger partial charge in [-0.2, -0.15) is 0 Å². The summed E-state index contributed by atoms with van der Waals surface area (Å²) in [5, 5.41) is 5.80. The number of anilines is 2. The number of amides is 2. The molecule has 0 saturated carbocycles. The standard InChI is InChI=1S/C27H25FN4O4.ClH/c1-2-17-7-10-20(11-8-17)30-27(35)31-23-15-32(24-12-9-19(28)13-22(23)24)26(34)21-6-4-3-5-18(21)16-36-25(33)14-29;/h3-13,15H,2,14,16,29H2,1H3,(H2,30,31,35);1H. The van der Waals surface area contributed by atoms with Crippen molar-refractivity contribution in [1.82, 2.24) is 4.57 Å². The number of nitrogens with one attached hydrogen (secondary N) is 2. The zero-order chi connectivity index (χ0) is 25.7. The smallest absolute Gasteiger partial charge is 0.323 e. The van der Waals surface area contributed by atoms with Crippen LogP contribution in [0.5, 0.6) is 0 Å². The fourth-order valence-corrected chi connectivity index (χ4v) is 3.78. The molecule has 0 bridgehead atoms. The molecule has 37 heavy (non-hydrogen) atoms. The maximum Gasteiger partial charge on any atom is 0.323 e. The molecule has 4 N–H and O–H groups in total. The molecule has 8 nitrogen and oxygen atoms in total. The van der Waals surface area contributed by atoms with Crippen LogP contribution >= 0.6 is 12.4 Å². The van der Waals surface area contributed by atoms with Crippen molar-refractivity contribution >= 4 is 52.6 Å². The van der Waals surface area contributed by atoms with Crippen molar-refractivity contribution in [2.45, 2.75) is 20.0 Å². The predicted molar refractivity (Wildman–Crippen MR) is 143 cm³/mol. The monoisotopic (exact) mass is 524 g/mol. The quantitative estimate of drug-likeness (QED) is 0.291. The van der Waals surface area contributed by atoms with Crippen molar-refractivity contribution < 1.29 is 23.5 Å². The lowest BCUT2D eigenvalue weighted by molar-refractivity contribution is -0.143. The fraction of sp³-hybridized carbons (Fsp3) is 0.148. The zero-order valence-corrected chi connectivity index (χ0v) is 20.8. The highest BCUT2D eigenvalue weighted by Crippen LogP contribution is 2.28. The van der Waals surface area contributed by atoms with E-state index in [1.54, 1.807) is 36.4 Å². The van der Waals surface area contributed by atoms with Gasteiger partial charge in [-0.15, -0.1) is 12.4 Å². The van der Waals surface area contributed by atoms with Gasteiger partial charge < -0.3 is 21.1 Å². The van der Waals surface area contributed by atoms with Crippen molar-refractivity contribution in [2.75, 3.05) is 17.2 Å². The predicted octanol–water partition coefficient (Wildman–Crippen LogP) is 5.10. The van der Waals surface area contributed by atoms with Gasteiger partial charge >= 0.3 is 12.0 Å². The summed E-state index contributed by atoms with van der Waals surface area (Å²) in [6, 6.07) is 17.5. The average Bonchev–Trinajstić information content (AvgIpc) is 3.24. The number of rotatable bonds is 7. The summed E-state index contributed by atoms with van der Waals surface area (Å²) < 4.78 is 20.5. The van der Waals surface area contributed by atoms with Crippen LogP contribution < -0.4 is 16.4 Å². The lowest BCUT2D eigenvalue weighted by atomic mass is 10.1. The SMILES string of the molecule is CCc1ccc(NC(=O)Nc2cn(C(=O)c3ccccc3COC(=O)CN)c3ccc(F)cc23)cc1.Cl. The summed E-state index contributed by atoms with van der Waals surface area (Å²) >= 11 is 0. The summed E-state index contributed by atoms with van der Waals surface area (Å²) in [4.78, 5) is 37.7. The number of esters is 1. The molecule has 0 spiro atoms. The van der Waals surface area contributed by atoms with Gasteiger partial charge in [0, 0.05) is 28.4 Å². The van der Waals surface area contributed by atoms with Gasteiger partial charge in [0.25, 0.3) is 5.91 Å². The number of hydrogen-bond acceptors (Lipinski definition) is 5. The van der Waals surface area contributed by atoms with Crippen LogP contribution in [0.4, 0.5) is 20.6 Å². The molecule has 0 radical (unpaired) electrons. The van der Waals surface area contributed by atoms with Gasteiger partial charge in [0.15, 0.2) is 0 Å². The Labute approximate surface area is 219 Å². The van der Waals surface area contributed by atoms with E-state index >= 15 is 0 Å². The van der Waals surface area contributed by atoms with Crippen LogP contribution in [0.15, 0.2) is 72.9 Å². The molecule has 0 atom stereocenters. The Kier molecular flexibility index (Phi) is 9.00. The third-order valence-electron chi connectivity index (χ3n) is 5.66. The van der Waals surface area contributed by atoms with Crippen LogP contribution in [0.3, 0.4) is 0 Å². The number of fused-ring (bicyclic) bond motifs is 1. The Morgan fingerprint density at radius 3 is 2.43 bits per heavy atom. The maximum atomic E-state index is 14.1. The molecule has 1 aromatic heterocycles. The molecule has 192 valence electrons. The van der Waals surface area contributed by atoms with Gasteiger partial charge in [0.1, 0.15) is 12.4 Å². The first-order valence-electron chi connectivity index (χ1n) is 11.4. The molecule has 0 aliphatic carbocycles. The van der Waals surface area contributed by atoms with Gasteiger partial charge in [-0.1, -0.05) is 37.3 Å². The third kappa shape index (κ3) is 6.32. The molecule has 0 fully saturated rings. The molecule has 10 heteroatoms. The van der Waals surface area contributed by atoms with E-state index in [-0.39, 0.29) is 36.8 Å². The average molecular weight is 525 g/mol. The first-order valence-corrected chi connectivity index (χ1v) is 11.4. The third-order valence-corrected chi connectivity index (χ3v) is 5.66. The Hall–Kier alpha value is -4.21. The van der Waals surface area contributed by atoms with Gasteiger partial charge in [-0.3, -0.25) is 14.2 Å². The summed E-state index contributed by atoms with van der Waals surface area (Å²) in [6.45, 7) is 1.64. The Morgan fingerprint density at radius 1 is 1.00 bits per heavy atom. The number of ether oxygens (including phenoxy) is 1. The molecule has 0 aliphatic heterocycles. The largest absolute Gasteiger partial charge is 0.460 e. The number of nitrogens with zero attached hydrogens (tertiary/aromatic N) is 1. The number of aryl methyl sites for hydroxylation is 1. The Morgan fingerprint density at radius 2 is 1.73 bits per heavy atom. The highest BCUT2D eigenvalue weighted by atomic mass is 35.5. The number of urea groups is 1. The lowest BCUT2D eigenvalue weighted by Crippen LogP contribution is -2.19. The number of nitrogens with two attached hydrogens (primary N) is 1. The van der Waals surface area contributed by atoms with Crippen LogP contribution in [-0.2, 0) is 22.6 Å². The maximum absolute atomic E-state index is 14.1. The highest BCUT2D eigenvalue weighted by molar-refractivity contribution is 6.10. The first-order chi connectivity index (χ1) is 17.4. The van der Waals surface area contributed by atoms with E-state index in [2.05, 4.69) is 10.6 Å². The highest BCUT2D eigenvalue weighted by Gasteiger charge is 2.20. The topological polar surface area (TPSA) is 115 Å². The molecular weight excluding hydrogens is 499 g/mol. The van der Waals surface area contributed by atoms with E-state index in [9.17, 15) is 18.8 Å². The van der Waals surface area contributed by atoms with E-state index in [0.29, 0.717) is 22.2 Å². The molecule has 1 heterocycles. The van der Waals surface area contributed by atoms with E-state index in [1.165, 1.54) is 29.0 Å². The second-order valence-corrected chi connectivity index (χ2v) is 8.03. The number of benzene rings is 3. The zero-order valence-electron chi connectivity index (χ0n) is 20.0. The van der Waals surface area contributed by atoms with Crippen LogP contribution in [0.1, 0.15) is 28.4 Å². The molecule has 4 aromatic rings. The second-order valence-electron chi connectivity index (χ2n) is 8.03. The van der Waals surface area contributed by atoms with Gasteiger partial charge in [-0.05, 0) is 48.4 Å². The fourth-order valence-electron chi connectivity index (χ4n) is 3.78. The number of aromatic nitrogens is 1. The lowest BCUT2D eigenvalue weighted by Gasteiger charge is -2.10. The van der Waals surface area contributed by atoms with Crippen LogP contribution in [0, 0.1) is 5.82 Å². The first kappa shape index (κ1) is 27.4. The van der Waals surface area contributed by atoms with E-state index in [1.807, 2.05) is 19.1 Å². The molecule has 3 aromatic carbocycles. The molecule has 0 aliphatic rings. The van der Waals surface area contributed by atoms with E-state index in [0.717, 1.165) is 12.0 Å². The van der Waals surface area contributed by atoms with Crippen molar-refractivity contribution in [3.63, 3.8) is 0 Å². The van der Waals surface area contributed by atoms with Crippen molar-refractivity contribution in [3.05, 3.63) is 95.4 Å². The number of halogens is 2. The second kappa shape index (κ2) is 12.2. The van der Waals surface area contributed by atoms with E-state index in [4.69, 9.17) is 10.5 Å².